The Balaban J connectivity index is 1.62. The maximum atomic E-state index is 12.6. The summed E-state index contributed by atoms with van der Waals surface area (Å²) in [5.74, 6) is 0.625. The Morgan fingerprint density at radius 1 is 1.38 bits per heavy atom. The molecule has 0 bridgehead atoms. The number of fused-ring (bicyclic) bond motifs is 1. The van der Waals surface area contributed by atoms with Crippen molar-refractivity contribution in [3.8, 4) is 5.75 Å². The van der Waals surface area contributed by atoms with Crippen LogP contribution in [0.3, 0.4) is 0 Å². The molecule has 9 heteroatoms. The van der Waals surface area contributed by atoms with E-state index in [1.165, 1.54) is 11.8 Å². The van der Waals surface area contributed by atoms with Crippen LogP contribution in [0.1, 0.15) is 32.6 Å². The molecular formula is C20H26N2O5S2. The molecule has 1 aromatic rings. The van der Waals surface area contributed by atoms with Crippen molar-refractivity contribution < 1.29 is 22.7 Å². The molecular weight excluding hydrogens is 412 g/mol. The molecule has 3 aliphatic rings. The molecule has 1 amide bonds. The summed E-state index contributed by atoms with van der Waals surface area (Å²) in [6.07, 6.45) is 3.07. The van der Waals surface area contributed by atoms with Gasteiger partial charge in [-0.25, -0.2) is 8.42 Å². The molecule has 7 nitrogen and oxygen atoms in total. The van der Waals surface area contributed by atoms with Crippen molar-refractivity contribution in [3.63, 3.8) is 0 Å². The number of thioether (sulfide) groups is 1. The lowest BCUT2D eigenvalue weighted by Gasteiger charge is -2.25. The highest BCUT2D eigenvalue weighted by molar-refractivity contribution is 8.16. The number of hydrogen-bond donors (Lipinski definition) is 0. The fraction of sp³-hybridized carbons (Fsp3) is 0.600. The molecule has 0 radical (unpaired) electrons. The number of rotatable bonds is 6. The zero-order chi connectivity index (χ0) is 20.4. The van der Waals surface area contributed by atoms with Gasteiger partial charge in [0, 0.05) is 23.6 Å². The predicted molar refractivity (Wildman–Crippen MR) is 115 cm³/mol. The minimum absolute atomic E-state index is 0.0682. The number of amides is 1. The van der Waals surface area contributed by atoms with Crippen LogP contribution in [0.4, 0.5) is 5.69 Å². The van der Waals surface area contributed by atoms with Crippen molar-refractivity contribution in [2.45, 2.75) is 50.0 Å². The quantitative estimate of drug-likeness (QED) is 0.631. The summed E-state index contributed by atoms with van der Waals surface area (Å²) in [6.45, 7) is 3.32. The molecule has 1 aromatic carbocycles. The molecule has 0 N–H and O–H groups in total. The van der Waals surface area contributed by atoms with E-state index in [0.29, 0.717) is 24.8 Å². The third-order valence-electron chi connectivity index (χ3n) is 5.34. The SMILES string of the molecule is CCCCOc1cccc(N2C(=NC(=O)[C@@H]3CCCO3)S[C@@H]3CS(=O)(=O)C[C@H]32)c1. The van der Waals surface area contributed by atoms with Gasteiger partial charge in [0.05, 0.1) is 24.2 Å². The maximum absolute atomic E-state index is 12.6. The lowest BCUT2D eigenvalue weighted by molar-refractivity contribution is -0.126. The smallest absolute Gasteiger partial charge is 0.277 e. The van der Waals surface area contributed by atoms with Crippen molar-refractivity contribution in [1.82, 2.24) is 0 Å². The third kappa shape index (κ3) is 4.62. The summed E-state index contributed by atoms with van der Waals surface area (Å²) in [5.41, 5.74) is 0.801. The molecule has 4 rings (SSSR count). The molecule has 0 aromatic heterocycles. The summed E-state index contributed by atoms with van der Waals surface area (Å²) in [6, 6.07) is 7.35. The first-order valence-corrected chi connectivity index (χ1v) is 12.8. The van der Waals surface area contributed by atoms with Crippen LogP contribution in [0, 0.1) is 0 Å². The fourth-order valence-corrected chi connectivity index (χ4v) is 7.78. The Hall–Kier alpha value is -1.58. The standard InChI is InChI=1S/C20H26N2O5S2/c1-2-3-9-26-15-7-4-6-14(11-15)22-16-12-29(24,25)13-18(16)28-20(22)21-19(23)17-8-5-10-27-17/h4,6-7,11,16-18H,2-3,5,8-10,12-13H2,1H3/t16-,17+,18-/m1/s1. The lowest BCUT2D eigenvalue weighted by atomic mass is 10.2. The summed E-state index contributed by atoms with van der Waals surface area (Å²) < 4.78 is 35.7. The van der Waals surface area contributed by atoms with Crippen molar-refractivity contribution in [3.05, 3.63) is 24.3 Å². The van der Waals surface area contributed by atoms with Gasteiger partial charge in [0.15, 0.2) is 15.0 Å². The van der Waals surface area contributed by atoms with Gasteiger partial charge in [-0.15, -0.1) is 0 Å². The monoisotopic (exact) mass is 438 g/mol. The first-order chi connectivity index (χ1) is 14.0. The second-order valence-electron chi connectivity index (χ2n) is 7.60. The zero-order valence-electron chi connectivity index (χ0n) is 16.5. The number of carbonyl (C=O) groups is 1. The number of sulfone groups is 1. The van der Waals surface area contributed by atoms with Crippen LogP contribution in [0.5, 0.6) is 5.75 Å². The van der Waals surface area contributed by atoms with Crippen molar-refractivity contribution >= 4 is 38.4 Å². The summed E-state index contributed by atoms with van der Waals surface area (Å²) >= 11 is 1.38. The zero-order valence-corrected chi connectivity index (χ0v) is 18.1. The van der Waals surface area contributed by atoms with E-state index in [2.05, 4.69) is 11.9 Å². The number of carbonyl (C=O) groups excluding carboxylic acids is 1. The summed E-state index contributed by atoms with van der Waals surface area (Å²) in [5, 5.41) is 0.432. The second-order valence-corrected chi connectivity index (χ2v) is 11.0. The third-order valence-corrected chi connectivity index (χ3v) is 8.55. The molecule has 0 spiro atoms. The van der Waals surface area contributed by atoms with E-state index in [9.17, 15) is 13.2 Å². The molecule has 0 saturated carbocycles. The van der Waals surface area contributed by atoms with Crippen LogP contribution < -0.4 is 9.64 Å². The van der Waals surface area contributed by atoms with E-state index >= 15 is 0 Å². The molecule has 29 heavy (non-hydrogen) atoms. The first kappa shape index (κ1) is 20.7. The highest BCUT2D eigenvalue weighted by Crippen LogP contribution is 2.41. The van der Waals surface area contributed by atoms with E-state index in [1.54, 1.807) is 0 Å². The highest BCUT2D eigenvalue weighted by Gasteiger charge is 2.49. The Morgan fingerprint density at radius 2 is 2.24 bits per heavy atom. The van der Waals surface area contributed by atoms with E-state index in [0.717, 1.165) is 30.7 Å². The number of anilines is 1. The maximum Gasteiger partial charge on any atom is 0.277 e. The number of amidine groups is 1. The Labute approximate surface area is 175 Å². The average molecular weight is 439 g/mol. The number of ether oxygens (including phenoxy) is 2. The Morgan fingerprint density at radius 3 is 3.00 bits per heavy atom. The number of benzene rings is 1. The van der Waals surface area contributed by atoms with Gasteiger partial charge >= 0.3 is 0 Å². The summed E-state index contributed by atoms with van der Waals surface area (Å²) in [4.78, 5) is 18.8. The highest BCUT2D eigenvalue weighted by atomic mass is 32.2. The Kier molecular flexibility index (Phi) is 6.17. The van der Waals surface area contributed by atoms with Crippen LogP contribution >= 0.6 is 11.8 Å². The number of aliphatic imine (C=N–C) groups is 1. The molecule has 3 aliphatic heterocycles. The van der Waals surface area contributed by atoms with Crippen LogP contribution in [0.2, 0.25) is 0 Å². The van der Waals surface area contributed by atoms with E-state index in [4.69, 9.17) is 9.47 Å². The van der Waals surface area contributed by atoms with E-state index in [-0.39, 0.29) is 28.7 Å². The van der Waals surface area contributed by atoms with Crippen LogP contribution in [-0.4, -0.2) is 61.6 Å². The number of unbranched alkanes of at least 4 members (excludes halogenated alkanes) is 1. The van der Waals surface area contributed by atoms with Gasteiger partial charge in [0.25, 0.3) is 5.91 Å². The van der Waals surface area contributed by atoms with Crippen molar-refractivity contribution in [1.29, 1.82) is 0 Å². The van der Waals surface area contributed by atoms with Gasteiger partial charge in [0.1, 0.15) is 11.9 Å². The van der Waals surface area contributed by atoms with Crippen molar-refractivity contribution in [2.75, 3.05) is 29.6 Å². The molecule has 0 unspecified atom stereocenters. The van der Waals surface area contributed by atoms with Gasteiger partial charge in [0.2, 0.25) is 0 Å². The number of hydrogen-bond acceptors (Lipinski definition) is 6. The van der Waals surface area contributed by atoms with Crippen LogP contribution in [-0.2, 0) is 19.4 Å². The molecule has 158 valence electrons. The number of nitrogens with zero attached hydrogens (tertiary/aromatic N) is 2. The molecule has 0 aliphatic carbocycles. The molecule has 3 saturated heterocycles. The molecule has 3 fully saturated rings. The van der Waals surface area contributed by atoms with Gasteiger partial charge in [-0.1, -0.05) is 31.2 Å². The van der Waals surface area contributed by atoms with Gasteiger partial charge in [-0.3, -0.25) is 4.79 Å². The topological polar surface area (TPSA) is 85.3 Å². The predicted octanol–water partition coefficient (Wildman–Crippen LogP) is 2.65. The lowest BCUT2D eigenvalue weighted by Crippen LogP contribution is -2.38. The fourth-order valence-electron chi connectivity index (χ4n) is 3.86. The van der Waals surface area contributed by atoms with Crippen molar-refractivity contribution in [2.24, 2.45) is 4.99 Å². The van der Waals surface area contributed by atoms with Crippen LogP contribution in [0.15, 0.2) is 29.3 Å². The summed E-state index contributed by atoms with van der Waals surface area (Å²) in [7, 11) is -3.10. The van der Waals surface area contributed by atoms with Gasteiger partial charge < -0.3 is 14.4 Å². The van der Waals surface area contributed by atoms with Gasteiger partial charge in [-0.05, 0) is 31.4 Å². The minimum Gasteiger partial charge on any atom is -0.494 e. The van der Waals surface area contributed by atoms with Crippen LogP contribution in [0.25, 0.3) is 0 Å². The molecule has 3 heterocycles. The first-order valence-electron chi connectivity index (χ1n) is 10.1. The van der Waals surface area contributed by atoms with E-state index in [1.807, 2.05) is 29.2 Å². The van der Waals surface area contributed by atoms with E-state index < -0.39 is 15.9 Å². The normalized spacial score (nSPS) is 29.3. The largest absolute Gasteiger partial charge is 0.494 e. The minimum atomic E-state index is -3.10. The average Bonchev–Trinajstić information content (AvgIpc) is 3.37. The Bertz CT molecular complexity index is 896. The van der Waals surface area contributed by atoms with Gasteiger partial charge in [-0.2, -0.15) is 4.99 Å². The molecule has 3 atom stereocenters. The second kappa shape index (κ2) is 8.65.